The van der Waals surface area contributed by atoms with Crippen LogP contribution >= 0.6 is 11.8 Å². The monoisotopic (exact) mass is 298 g/mol. The van der Waals surface area contributed by atoms with Gasteiger partial charge in [-0.2, -0.15) is 11.8 Å². The SMILES string of the molecule is CSCCN1C(=O)C2(CCCC2)NC(=O)C1CC(C)C. The number of nitrogens with zero attached hydrogens (tertiary/aromatic N) is 1. The van der Waals surface area contributed by atoms with Crippen molar-refractivity contribution in [1.29, 1.82) is 0 Å². The molecule has 0 aromatic carbocycles. The van der Waals surface area contributed by atoms with Gasteiger partial charge in [-0.05, 0) is 31.4 Å². The topological polar surface area (TPSA) is 49.4 Å². The average molecular weight is 298 g/mol. The summed E-state index contributed by atoms with van der Waals surface area (Å²) in [6.07, 6.45) is 6.48. The van der Waals surface area contributed by atoms with E-state index in [9.17, 15) is 9.59 Å². The number of nitrogens with one attached hydrogen (secondary N) is 1. The summed E-state index contributed by atoms with van der Waals surface area (Å²) in [6, 6.07) is -0.277. The quantitative estimate of drug-likeness (QED) is 0.845. The predicted octanol–water partition coefficient (Wildman–Crippen LogP) is 2.04. The molecule has 0 radical (unpaired) electrons. The third-order valence-corrected chi connectivity index (χ3v) is 4.99. The van der Waals surface area contributed by atoms with Crippen LogP contribution in [0.5, 0.6) is 0 Å². The van der Waals surface area contributed by atoms with E-state index < -0.39 is 5.54 Å². The van der Waals surface area contributed by atoms with E-state index in [1.165, 1.54) is 0 Å². The predicted molar refractivity (Wildman–Crippen MR) is 82.7 cm³/mol. The van der Waals surface area contributed by atoms with E-state index in [-0.39, 0.29) is 17.9 Å². The Balaban J connectivity index is 2.21. The van der Waals surface area contributed by atoms with Crippen molar-refractivity contribution in [3.05, 3.63) is 0 Å². The van der Waals surface area contributed by atoms with Crippen LogP contribution in [0.3, 0.4) is 0 Å². The Kier molecular flexibility index (Phi) is 4.99. The second-order valence-electron chi connectivity index (χ2n) is 6.42. The number of hydrogen-bond donors (Lipinski definition) is 1. The van der Waals surface area contributed by atoms with Gasteiger partial charge in [-0.1, -0.05) is 26.7 Å². The van der Waals surface area contributed by atoms with Gasteiger partial charge >= 0.3 is 0 Å². The molecule has 2 rings (SSSR count). The number of hydrogen-bond acceptors (Lipinski definition) is 3. The van der Waals surface area contributed by atoms with Crippen molar-refractivity contribution in [1.82, 2.24) is 10.2 Å². The molecule has 1 atom stereocenters. The van der Waals surface area contributed by atoms with Crippen LogP contribution < -0.4 is 5.32 Å². The molecule has 1 spiro atoms. The number of carbonyl (C=O) groups excluding carboxylic acids is 2. The van der Waals surface area contributed by atoms with Crippen LogP contribution in [-0.4, -0.2) is 46.8 Å². The van der Waals surface area contributed by atoms with E-state index in [0.717, 1.165) is 37.9 Å². The summed E-state index contributed by atoms with van der Waals surface area (Å²) in [5.74, 6) is 1.52. The zero-order chi connectivity index (χ0) is 14.8. The Hall–Kier alpha value is -0.710. The van der Waals surface area contributed by atoms with Crippen LogP contribution in [0.4, 0.5) is 0 Å². The van der Waals surface area contributed by atoms with Gasteiger partial charge in [-0.3, -0.25) is 9.59 Å². The molecule has 114 valence electrons. The smallest absolute Gasteiger partial charge is 0.249 e. The fourth-order valence-electron chi connectivity index (χ4n) is 3.38. The minimum absolute atomic E-state index is 0.0568. The molecule has 4 nitrogen and oxygen atoms in total. The molecular weight excluding hydrogens is 272 g/mol. The van der Waals surface area contributed by atoms with Crippen molar-refractivity contribution in [2.24, 2.45) is 5.92 Å². The Bertz CT molecular complexity index is 378. The van der Waals surface area contributed by atoms with E-state index in [0.29, 0.717) is 12.5 Å². The van der Waals surface area contributed by atoms with Gasteiger partial charge in [0.05, 0.1) is 0 Å². The zero-order valence-corrected chi connectivity index (χ0v) is 13.6. The molecule has 0 aromatic heterocycles. The molecule has 0 aromatic rings. The maximum absolute atomic E-state index is 12.9. The van der Waals surface area contributed by atoms with Crippen molar-refractivity contribution in [3.63, 3.8) is 0 Å². The molecule has 2 fully saturated rings. The van der Waals surface area contributed by atoms with Crippen molar-refractivity contribution in [2.45, 2.75) is 57.5 Å². The van der Waals surface area contributed by atoms with Crippen LogP contribution in [0.25, 0.3) is 0 Å². The van der Waals surface area contributed by atoms with Crippen LogP contribution in [-0.2, 0) is 9.59 Å². The first-order valence-corrected chi connectivity index (χ1v) is 9.01. The van der Waals surface area contributed by atoms with Gasteiger partial charge in [-0.15, -0.1) is 0 Å². The van der Waals surface area contributed by atoms with Gasteiger partial charge in [0.2, 0.25) is 11.8 Å². The molecule has 1 saturated heterocycles. The fourth-order valence-corrected chi connectivity index (χ4v) is 3.76. The first kappa shape index (κ1) is 15.7. The number of carbonyl (C=O) groups is 2. The highest BCUT2D eigenvalue weighted by molar-refractivity contribution is 7.98. The molecule has 20 heavy (non-hydrogen) atoms. The van der Waals surface area contributed by atoms with Crippen LogP contribution in [0, 0.1) is 5.92 Å². The Morgan fingerprint density at radius 1 is 1.35 bits per heavy atom. The summed E-state index contributed by atoms with van der Waals surface area (Å²) in [5, 5.41) is 3.07. The standard InChI is InChI=1S/C15H26N2O2S/c1-11(2)10-12-13(18)16-15(6-4-5-7-15)14(19)17(12)8-9-20-3/h11-12H,4-10H2,1-3H3,(H,16,18). The lowest BCUT2D eigenvalue weighted by atomic mass is 9.88. The first-order valence-electron chi connectivity index (χ1n) is 7.62. The Morgan fingerprint density at radius 2 is 2.00 bits per heavy atom. The minimum Gasteiger partial charge on any atom is -0.340 e. The van der Waals surface area contributed by atoms with Crippen LogP contribution in [0.1, 0.15) is 46.0 Å². The van der Waals surface area contributed by atoms with E-state index in [1.54, 1.807) is 11.8 Å². The molecule has 2 amide bonds. The number of thioether (sulfide) groups is 1. The second kappa shape index (κ2) is 6.37. The highest BCUT2D eigenvalue weighted by Gasteiger charge is 2.51. The van der Waals surface area contributed by atoms with E-state index in [1.807, 2.05) is 11.2 Å². The normalized spacial score (nSPS) is 25.6. The van der Waals surface area contributed by atoms with Gasteiger partial charge in [0.25, 0.3) is 0 Å². The summed E-state index contributed by atoms with van der Waals surface area (Å²) in [6.45, 7) is 4.89. The molecular formula is C15H26N2O2S. The molecule has 1 heterocycles. The van der Waals surface area contributed by atoms with E-state index >= 15 is 0 Å². The Labute approximate surface area is 126 Å². The lowest BCUT2D eigenvalue weighted by Crippen LogP contribution is -2.69. The van der Waals surface area contributed by atoms with Crippen molar-refractivity contribution in [3.8, 4) is 0 Å². The highest BCUT2D eigenvalue weighted by Crippen LogP contribution is 2.35. The number of amides is 2. The van der Waals surface area contributed by atoms with Crippen molar-refractivity contribution >= 4 is 23.6 Å². The molecule has 1 aliphatic heterocycles. The van der Waals surface area contributed by atoms with Crippen LogP contribution in [0.2, 0.25) is 0 Å². The van der Waals surface area contributed by atoms with E-state index in [2.05, 4.69) is 19.2 Å². The summed E-state index contributed by atoms with van der Waals surface area (Å²) < 4.78 is 0. The molecule has 5 heteroatoms. The molecule has 1 aliphatic carbocycles. The number of rotatable bonds is 5. The largest absolute Gasteiger partial charge is 0.340 e. The summed E-state index contributed by atoms with van der Waals surface area (Å²) >= 11 is 1.72. The van der Waals surface area contributed by atoms with Crippen molar-refractivity contribution in [2.75, 3.05) is 18.6 Å². The molecule has 2 aliphatic rings. The third kappa shape index (κ3) is 2.97. The molecule has 0 bridgehead atoms. The fraction of sp³-hybridized carbons (Fsp3) is 0.867. The third-order valence-electron chi connectivity index (χ3n) is 4.40. The Morgan fingerprint density at radius 3 is 2.55 bits per heavy atom. The maximum Gasteiger partial charge on any atom is 0.249 e. The molecule has 1 saturated carbocycles. The highest BCUT2D eigenvalue weighted by atomic mass is 32.2. The summed E-state index contributed by atoms with van der Waals surface area (Å²) in [5.41, 5.74) is -0.580. The van der Waals surface area contributed by atoms with Gasteiger partial charge in [-0.25, -0.2) is 0 Å². The minimum atomic E-state index is -0.580. The van der Waals surface area contributed by atoms with E-state index in [4.69, 9.17) is 0 Å². The molecule has 1 unspecified atom stereocenters. The second-order valence-corrected chi connectivity index (χ2v) is 7.40. The summed E-state index contributed by atoms with van der Waals surface area (Å²) in [7, 11) is 0. The van der Waals surface area contributed by atoms with Gasteiger partial charge in [0.15, 0.2) is 0 Å². The van der Waals surface area contributed by atoms with Crippen LogP contribution in [0.15, 0.2) is 0 Å². The lowest BCUT2D eigenvalue weighted by Gasteiger charge is -2.45. The lowest BCUT2D eigenvalue weighted by molar-refractivity contribution is -0.155. The maximum atomic E-state index is 12.9. The van der Waals surface area contributed by atoms with Crippen molar-refractivity contribution < 1.29 is 9.59 Å². The zero-order valence-electron chi connectivity index (χ0n) is 12.8. The molecule has 1 N–H and O–H groups in total. The first-order chi connectivity index (χ1) is 9.50. The average Bonchev–Trinajstić information content (AvgIpc) is 2.85. The van der Waals surface area contributed by atoms with Gasteiger partial charge < -0.3 is 10.2 Å². The van der Waals surface area contributed by atoms with Gasteiger partial charge in [0.1, 0.15) is 11.6 Å². The summed E-state index contributed by atoms with van der Waals surface area (Å²) in [4.78, 5) is 27.3. The van der Waals surface area contributed by atoms with Gasteiger partial charge in [0, 0.05) is 12.3 Å². The number of piperazine rings is 1.